The Bertz CT molecular complexity index is 701. The van der Waals surface area contributed by atoms with E-state index in [1.165, 1.54) is 6.20 Å². The molecule has 80 valence electrons. The number of phenols is 1. The topological polar surface area (TPSA) is 51.6 Å². The van der Waals surface area contributed by atoms with Crippen molar-refractivity contribution < 1.29 is 9.84 Å². The van der Waals surface area contributed by atoms with Crippen LogP contribution in [0.5, 0.6) is 5.75 Å². The quantitative estimate of drug-likeness (QED) is 0.457. The summed E-state index contributed by atoms with van der Waals surface area (Å²) in [5.41, 5.74) is 1.34. The summed E-state index contributed by atoms with van der Waals surface area (Å²) in [6.07, 6.45) is 4.98. The molecule has 1 aromatic carbocycles. The lowest BCUT2D eigenvalue weighted by molar-refractivity contribution is -0.575. The predicted octanol–water partition coefficient (Wildman–Crippen LogP) is 1.74. The van der Waals surface area contributed by atoms with Crippen molar-refractivity contribution in [3.8, 4) is 5.75 Å². The van der Waals surface area contributed by atoms with E-state index in [1.807, 2.05) is 25.3 Å². The van der Waals surface area contributed by atoms with Crippen LogP contribution in [0.25, 0.3) is 16.4 Å². The zero-order valence-corrected chi connectivity index (χ0v) is 8.71. The first-order valence-electron chi connectivity index (χ1n) is 4.99. The summed E-state index contributed by atoms with van der Waals surface area (Å²) >= 11 is 0. The Kier molecular flexibility index (Phi) is 1.63. The van der Waals surface area contributed by atoms with Gasteiger partial charge in [-0.15, -0.1) is 0 Å². The number of imidazole rings is 1. The van der Waals surface area contributed by atoms with E-state index in [1.54, 1.807) is 16.7 Å². The lowest BCUT2D eigenvalue weighted by Gasteiger charge is -2.04. The highest BCUT2D eigenvalue weighted by atomic mass is 16.5. The summed E-state index contributed by atoms with van der Waals surface area (Å²) in [5, 5.41) is 23.0. The average Bonchev–Trinajstić information content (AvgIpc) is 2.63. The smallest absolute Gasteiger partial charge is 0.297 e. The molecule has 0 bridgehead atoms. The maximum Gasteiger partial charge on any atom is 0.297 e. The number of aromatic hydroxyl groups is 1. The maximum absolute atomic E-state index is 11.6. The van der Waals surface area contributed by atoms with Gasteiger partial charge in [0.05, 0.1) is 11.6 Å². The van der Waals surface area contributed by atoms with Crippen molar-refractivity contribution in [1.82, 2.24) is 4.40 Å². The van der Waals surface area contributed by atoms with Crippen molar-refractivity contribution in [2.24, 2.45) is 0 Å². The Labute approximate surface area is 91.6 Å². The van der Waals surface area contributed by atoms with Gasteiger partial charge < -0.3 is 10.3 Å². The standard InChI is InChI=1S/C12H10N2O2/c1-8-6-9-2-3-13-4-5-14(16)12(13)10(9)7-11(8)15/h2-7,15H,1H3. The van der Waals surface area contributed by atoms with Crippen molar-refractivity contribution in [2.75, 3.05) is 0 Å². The van der Waals surface area contributed by atoms with Crippen molar-refractivity contribution in [1.29, 1.82) is 0 Å². The van der Waals surface area contributed by atoms with Crippen LogP contribution in [0, 0.1) is 12.1 Å². The van der Waals surface area contributed by atoms with Gasteiger partial charge in [0.15, 0.2) is 0 Å². The molecule has 0 amide bonds. The van der Waals surface area contributed by atoms with Gasteiger partial charge >= 0.3 is 0 Å². The molecule has 3 aromatic rings. The maximum atomic E-state index is 11.6. The van der Waals surface area contributed by atoms with E-state index >= 15 is 0 Å². The summed E-state index contributed by atoms with van der Waals surface area (Å²) in [5.74, 6) is 0.210. The third-order valence-electron chi connectivity index (χ3n) is 2.84. The van der Waals surface area contributed by atoms with Gasteiger partial charge in [0, 0.05) is 0 Å². The molecule has 16 heavy (non-hydrogen) atoms. The summed E-state index contributed by atoms with van der Waals surface area (Å²) in [7, 11) is 0. The highest BCUT2D eigenvalue weighted by molar-refractivity contribution is 5.94. The molecule has 0 radical (unpaired) electrons. The molecular weight excluding hydrogens is 204 g/mol. The molecule has 0 saturated heterocycles. The monoisotopic (exact) mass is 214 g/mol. The average molecular weight is 214 g/mol. The van der Waals surface area contributed by atoms with Crippen LogP contribution in [0.2, 0.25) is 0 Å². The Morgan fingerprint density at radius 2 is 2.12 bits per heavy atom. The minimum Gasteiger partial charge on any atom is -0.710 e. The first kappa shape index (κ1) is 9.03. The van der Waals surface area contributed by atoms with E-state index in [0.717, 1.165) is 21.1 Å². The fraction of sp³-hybridized carbons (Fsp3) is 0.0833. The number of aromatic nitrogens is 2. The number of benzene rings is 1. The Morgan fingerprint density at radius 1 is 1.31 bits per heavy atom. The molecule has 1 N–H and O–H groups in total. The molecule has 0 atom stereocenters. The number of aryl methyl sites for hydroxylation is 1. The second-order valence-electron chi connectivity index (χ2n) is 3.90. The molecule has 3 rings (SSSR count). The third-order valence-corrected chi connectivity index (χ3v) is 2.84. The largest absolute Gasteiger partial charge is 0.710 e. The van der Waals surface area contributed by atoms with Crippen LogP contribution in [0.3, 0.4) is 0 Å². The summed E-state index contributed by atoms with van der Waals surface area (Å²) in [6, 6.07) is 5.43. The van der Waals surface area contributed by atoms with Crippen LogP contribution in [-0.2, 0) is 0 Å². The van der Waals surface area contributed by atoms with Gasteiger partial charge in [0.25, 0.3) is 5.65 Å². The van der Waals surface area contributed by atoms with E-state index in [4.69, 9.17) is 0 Å². The summed E-state index contributed by atoms with van der Waals surface area (Å²) in [4.78, 5) is 0. The number of hydrogen-bond donors (Lipinski definition) is 1. The molecule has 0 saturated carbocycles. The highest BCUT2D eigenvalue weighted by Gasteiger charge is 2.11. The molecule has 0 aliphatic heterocycles. The van der Waals surface area contributed by atoms with Gasteiger partial charge in [0.1, 0.15) is 18.1 Å². The minimum atomic E-state index is 0.210. The molecular formula is C12H10N2O2. The van der Waals surface area contributed by atoms with E-state index in [9.17, 15) is 10.3 Å². The lowest BCUT2D eigenvalue weighted by atomic mass is 10.1. The summed E-state index contributed by atoms with van der Waals surface area (Å²) < 4.78 is 2.54. The van der Waals surface area contributed by atoms with Gasteiger partial charge in [-0.3, -0.25) is 0 Å². The first-order chi connectivity index (χ1) is 7.66. The van der Waals surface area contributed by atoms with Crippen molar-refractivity contribution in [3.63, 3.8) is 0 Å². The zero-order valence-electron chi connectivity index (χ0n) is 8.71. The van der Waals surface area contributed by atoms with Crippen LogP contribution in [0.1, 0.15) is 5.56 Å². The van der Waals surface area contributed by atoms with Crippen molar-refractivity contribution in [3.05, 3.63) is 47.6 Å². The summed E-state index contributed by atoms with van der Waals surface area (Å²) in [6.45, 7) is 1.84. The van der Waals surface area contributed by atoms with E-state index < -0.39 is 0 Å². The van der Waals surface area contributed by atoms with Crippen molar-refractivity contribution in [2.45, 2.75) is 6.92 Å². The lowest BCUT2D eigenvalue weighted by Crippen LogP contribution is -2.23. The zero-order chi connectivity index (χ0) is 11.3. The number of phenolic OH excluding ortho intramolecular Hbond substituents is 1. The number of fused-ring (bicyclic) bond motifs is 3. The fourth-order valence-corrected chi connectivity index (χ4v) is 1.98. The highest BCUT2D eigenvalue weighted by Crippen LogP contribution is 2.26. The molecule has 0 aliphatic carbocycles. The Morgan fingerprint density at radius 3 is 2.94 bits per heavy atom. The molecule has 0 aliphatic rings. The molecule has 2 heterocycles. The molecule has 0 unspecified atom stereocenters. The number of rotatable bonds is 0. The van der Waals surface area contributed by atoms with Crippen LogP contribution < -0.4 is 4.73 Å². The van der Waals surface area contributed by atoms with Crippen LogP contribution in [0.4, 0.5) is 0 Å². The molecule has 4 heteroatoms. The van der Waals surface area contributed by atoms with E-state index in [2.05, 4.69) is 0 Å². The molecule has 4 nitrogen and oxygen atoms in total. The third kappa shape index (κ3) is 1.07. The minimum absolute atomic E-state index is 0.210. The van der Waals surface area contributed by atoms with Crippen LogP contribution >= 0.6 is 0 Å². The SMILES string of the molecule is Cc1cc2ccn3cc[n+]([O-])c3c2cc1O. The van der Waals surface area contributed by atoms with Gasteiger partial charge in [-0.05, 0) is 36.1 Å². The number of hydrogen-bond acceptors (Lipinski definition) is 2. The van der Waals surface area contributed by atoms with Gasteiger partial charge in [0.2, 0.25) is 0 Å². The Balaban J connectivity index is 2.58. The normalized spacial score (nSPS) is 11.3. The second-order valence-corrected chi connectivity index (χ2v) is 3.90. The molecule has 0 fully saturated rings. The van der Waals surface area contributed by atoms with Crippen LogP contribution in [0.15, 0.2) is 36.8 Å². The van der Waals surface area contributed by atoms with Crippen LogP contribution in [-0.4, -0.2) is 9.51 Å². The second kappa shape index (κ2) is 2.88. The fourth-order valence-electron chi connectivity index (χ4n) is 1.98. The number of nitrogens with zero attached hydrogens (tertiary/aromatic N) is 2. The van der Waals surface area contributed by atoms with Gasteiger partial charge in [-0.25, -0.2) is 9.13 Å². The predicted molar refractivity (Wildman–Crippen MR) is 60.3 cm³/mol. The molecule has 2 aromatic heterocycles. The van der Waals surface area contributed by atoms with Gasteiger partial charge in [-0.2, -0.15) is 0 Å². The first-order valence-corrected chi connectivity index (χ1v) is 4.99. The van der Waals surface area contributed by atoms with E-state index in [0.29, 0.717) is 5.65 Å². The van der Waals surface area contributed by atoms with Gasteiger partial charge in [-0.1, -0.05) is 0 Å². The van der Waals surface area contributed by atoms with Crippen molar-refractivity contribution >= 4 is 16.4 Å². The van der Waals surface area contributed by atoms with E-state index in [-0.39, 0.29) is 5.75 Å². The molecule has 0 spiro atoms. The number of pyridine rings is 1. The Hall–Kier alpha value is -2.23.